The van der Waals surface area contributed by atoms with Gasteiger partial charge in [0.15, 0.2) is 0 Å². The number of hydrogen-bond donors (Lipinski definition) is 0. The molecule has 0 saturated heterocycles. The molecule has 0 aliphatic heterocycles. The lowest BCUT2D eigenvalue weighted by Crippen LogP contribution is -2.33. The molecule has 0 heterocycles. The van der Waals surface area contributed by atoms with Crippen LogP contribution in [0.1, 0.15) is 12.8 Å². The molecular weight excluding hydrogens is 269 g/mol. The molecule has 0 aromatic rings. The lowest BCUT2D eigenvalue weighted by atomic mass is 10.2. The third kappa shape index (κ3) is 6.14. The number of rotatable bonds is 4. The summed E-state index contributed by atoms with van der Waals surface area (Å²) in [5, 5.41) is -7.92. The molecule has 0 spiro atoms. The molecule has 0 aliphatic rings. The van der Waals surface area contributed by atoms with Crippen LogP contribution in [0.2, 0.25) is 0 Å². The van der Waals surface area contributed by atoms with Crippen LogP contribution in [0.25, 0.3) is 0 Å². The van der Waals surface area contributed by atoms with Crippen molar-refractivity contribution in [2.45, 2.75) is 29.5 Å². The summed E-state index contributed by atoms with van der Waals surface area (Å²) in [6.45, 7) is 0. The summed E-state index contributed by atoms with van der Waals surface area (Å²) in [6, 6.07) is 0. The SMILES string of the molecule is FC(F)(F)CC=CCC(F)(Cl)C(F)(F)Cl. The summed E-state index contributed by atoms with van der Waals surface area (Å²) >= 11 is 8.98. The minimum absolute atomic E-state index is 0.499. The van der Waals surface area contributed by atoms with Crippen LogP contribution in [-0.2, 0) is 0 Å². The maximum atomic E-state index is 12.8. The van der Waals surface area contributed by atoms with E-state index in [0.717, 1.165) is 0 Å². The minimum atomic E-state index is -4.47. The summed E-state index contributed by atoms with van der Waals surface area (Å²) in [5.74, 6) is 0. The van der Waals surface area contributed by atoms with Crippen molar-refractivity contribution < 1.29 is 26.3 Å². The first kappa shape index (κ1) is 14.9. The van der Waals surface area contributed by atoms with Gasteiger partial charge in [-0.1, -0.05) is 23.8 Å². The van der Waals surface area contributed by atoms with Crippen LogP contribution in [0.5, 0.6) is 0 Å². The van der Waals surface area contributed by atoms with Crippen LogP contribution < -0.4 is 0 Å². The van der Waals surface area contributed by atoms with Gasteiger partial charge in [-0.2, -0.15) is 22.0 Å². The molecule has 0 fully saturated rings. The third-order valence-corrected chi connectivity index (χ3v) is 2.09. The second-order valence-electron chi connectivity index (χ2n) is 2.70. The Kier molecular flexibility index (Phi) is 4.79. The van der Waals surface area contributed by atoms with Gasteiger partial charge in [-0.05, 0) is 11.6 Å². The van der Waals surface area contributed by atoms with Gasteiger partial charge in [-0.25, -0.2) is 4.39 Å². The van der Waals surface area contributed by atoms with Crippen molar-refractivity contribution in [1.82, 2.24) is 0 Å². The zero-order valence-electron chi connectivity index (χ0n) is 7.09. The molecule has 0 rings (SSSR count). The Morgan fingerprint density at radius 2 is 1.20 bits per heavy atom. The number of halogens is 8. The Morgan fingerprint density at radius 3 is 1.53 bits per heavy atom. The Hall–Kier alpha value is -0.100. The van der Waals surface area contributed by atoms with Crippen LogP contribution in [0.4, 0.5) is 26.3 Å². The molecule has 0 bridgehead atoms. The van der Waals surface area contributed by atoms with Gasteiger partial charge in [0.1, 0.15) is 0 Å². The third-order valence-electron chi connectivity index (χ3n) is 1.30. The van der Waals surface area contributed by atoms with E-state index in [1.807, 2.05) is 0 Å². The Labute approximate surface area is 91.8 Å². The lowest BCUT2D eigenvalue weighted by molar-refractivity contribution is -0.125. The van der Waals surface area contributed by atoms with E-state index in [-0.39, 0.29) is 0 Å². The quantitative estimate of drug-likeness (QED) is 0.399. The van der Waals surface area contributed by atoms with Crippen LogP contribution in [-0.4, -0.2) is 16.7 Å². The van der Waals surface area contributed by atoms with Crippen molar-refractivity contribution in [3.05, 3.63) is 12.2 Å². The molecular formula is C7H6Cl2F6. The van der Waals surface area contributed by atoms with Gasteiger partial charge >= 0.3 is 11.6 Å². The molecule has 0 saturated carbocycles. The highest BCUT2D eigenvalue weighted by Gasteiger charge is 2.51. The number of allylic oxidation sites excluding steroid dienone is 2. The highest BCUT2D eigenvalue weighted by Crippen LogP contribution is 2.42. The van der Waals surface area contributed by atoms with Gasteiger partial charge in [-0.15, -0.1) is 0 Å². The average molecular weight is 275 g/mol. The summed E-state index contributed by atoms with van der Waals surface area (Å²) in [5.41, 5.74) is 0. The van der Waals surface area contributed by atoms with E-state index in [1.165, 1.54) is 0 Å². The fourth-order valence-electron chi connectivity index (χ4n) is 0.564. The second kappa shape index (κ2) is 4.82. The number of alkyl halides is 8. The van der Waals surface area contributed by atoms with Crippen molar-refractivity contribution in [1.29, 1.82) is 0 Å². The zero-order chi connectivity index (χ0) is 12.3. The first-order valence-corrected chi connectivity index (χ1v) is 4.37. The van der Waals surface area contributed by atoms with Gasteiger partial charge < -0.3 is 0 Å². The summed E-state index contributed by atoms with van der Waals surface area (Å²) < 4.78 is 71.8. The van der Waals surface area contributed by atoms with Gasteiger partial charge in [0.05, 0.1) is 6.42 Å². The number of hydrogen-bond acceptors (Lipinski definition) is 0. The van der Waals surface area contributed by atoms with Crippen LogP contribution in [0, 0.1) is 0 Å². The van der Waals surface area contributed by atoms with E-state index < -0.39 is 29.5 Å². The van der Waals surface area contributed by atoms with E-state index >= 15 is 0 Å². The Morgan fingerprint density at radius 1 is 0.800 bits per heavy atom. The maximum Gasteiger partial charge on any atom is 0.392 e. The van der Waals surface area contributed by atoms with E-state index in [9.17, 15) is 26.3 Å². The standard InChI is InChI=1S/C7H6Cl2F6/c8-5(10,7(9,14)15)3-1-2-4-6(11,12)13/h1-2H,3-4H2. The van der Waals surface area contributed by atoms with Gasteiger partial charge in [-0.3, -0.25) is 0 Å². The minimum Gasteiger partial charge on any atom is -0.218 e. The monoisotopic (exact) mass is 274 g/mol. The van der Waals surface area contributed by atoms with Crippen LogP contribution in [0.15, 0.2) is 12.2 Å². The summed E-state index contributed by atoms with van der Waals surface area (Å²) in [4.78, 5) is 0. The van der Waals surface area contributed by atoms with E-state index in [4.69, 9.17) is 0 Å². The summed E-state index contributed by atoms with van der Waals surface area (Å²) in [7, 11) is 0. The van der Waals surface area contributed by atoms with Crippen molar-refractivity contribution in [2.24, 2.45) is 0 Å². The van der Waals surface area contributed by atoms with E-state index in [0.29, 0.717) is 12.2 Å². The average Bonchev–Trinajstić information content (AvgIpc) is 1.94. The Balaban J connectivity index is 4.17. The molecule has 0 amide bonds. The Bertz CT molecular complexity index is 227. The topological polar surface area (TPSA) is 0 Å². The molecule has 0 aromatic carbocycles. The maximum absolute atomic E-state index is 12.8. The largest absolute Gasteiger partial charge is 0.392 e. The van der Waals surface area contributed by atoms with Crippen molar-refractivity contribution in [3.63, 3.8) is 0 Å². The fourth-order valence-corrected chi connectivity index (χ4v) is 0.730. The van der Waals surface area contributed by atoms with E-state index in [1.54, 1.807) is 0 Å². The molecule has 1 unspecified atom stereocenters. The smallest absolute Gasteiger partial charge is 0.218 e. The molecule has 0 aliphatic carbocycles. The summed E-state index contributed by atoms with van der Waals surface area (Å²) in [6.07, 6.45) is -5.85. The fraction of sp³-hybridized carbons (Fsp3) is 0.714. The normalized spacial score (nSPS) is 18.1. The molecule has 0 radical (unpaired) electrons. The predicted octanol–water partition coefficient (Wildman–Crippen LogP) is 4.62. The highest BCUT2D eigenvalue weighted by atomic mass is 35.5. The van der Waals surface area contributed by atoms with Crippen LogP contribution >= 0.6 is 23.2 Å². The molecule has 0 aromatic heterocycles. The molecule has 0 nitrogen and oxygen atoms in total. The molecule has 0 N–H and O–H groups in total. The predicted molar refractivity (Wildman–Crippen MR) is 44.9 cm³/mol. The van der Waals surface area contributed by atoms with Gasteiger partial charge in [0.25, 0.3) is 5.13 Å². The highest BCUT2D eigenvalue weighted by molar-refractivity contribution is 6.32. The van der Waals surface area contributed by atoms with Gasteiger partial charge in [0, 0.05) is 6.42 Å². The first-order chi connectivity index (χ1) is 6.46. The molecule has 90 valence electrons. The zero-order valence-corrected chi connectivity index (χ0v) is 8.60. The van der Waals surface area contributed by atoms with E-state index in [2.05, 4.69) is 23.2 Å². The molecule has 1 atom stereocenters. The molecule has 8 heteroatoms. The van der Waals surface area contributed by atoms with Crippen molar-refractivity contribution in [3.8, 4) is 0 Å². The van der Waals surface area contributed by atoms with Crippen molar-refractivity contribution in [2.75, 3.05) is 0 Å². The van der Waals surface area contributed by atoms with Gasteiger partial charge in [0.2, 0.25) is 0 Å². The second-order valence-corrected chi connectivity index (χ2v) is 3.77. The lowest BCUT2D eigenvalue weighted by Gasteiger charge is -2.20. The first-order valence-electron chi connectivity index (χ1n) is 3.62. The van der Waals surface area contributed by atoms with Crippen LogP contribution in [0.3, 0.4) is 0 Å². The van der Waals surface area contributed by atoms with Crippen molar-refractivity contribution >= 4 is 23.2 Å². The molecule has 15 heavy (non-hydrogen) atoms.